The minimum atomic E-state index is -1.75. The number of aliphatic hydroxyl groups excluding tert-OH is 1. The maximum Gasteiger partial charge on any atom is 0.351 e. The second kappa shape index (κ2) is 17.8. The first-order chi connectivity index (χ1) is 17.2. The number of benzene rings is 1. The summed E-state index contributed by atoms with van der Waals surface area (Å²) in [7, 11) is 0.106. The molecule has 1 saturated heterocycles. The largest absolute Gasteiger partial charge is 0.436 e. The summed E-state index contributed by atoms with van der Waals surface area (Å²) in [6, 6.07) is 10.5. The van der Waals surface area contributed by atoms with E-state index >= 15 is 0 Å². The smallest absolute Gasteiger partial charge is 0.351 e. The Kier molecular flexibility index (Phi) is 15.6. The minimum Gasteiger partial charge on any atom is -0.436 e. The first-order valence-corrected chi connectivity index (χ1v) is 12.1. The van der Waals surface area contributed by atoms with E-state index in [1.54, 1.807) is 19.2 Å². The van der Waals surface area contributed by atoms with E-state index in [1.165, 1.54) is 16.8 Å². The van der Waals surface area contributed by atoms with Crippen molar-refractivity contribution in [2.24, 2.45) is 0 Å². The summed E-state index contributed by atoms with van der Waals surface area (Å²) in [6.07, 6.45) is 0.545. The number of carbonyl (C=O) groups excluding carboxylic acids is 1. The van der Waals surface area contributed by atoms with E-state index in [2.05, 4.69) is 10.1 Å². The Morgan fingerprint density at radius 3 is 2.53 bits per heavy atom. The molecule has 4 atom stereocenters. The molecule has 0 bridgehead atoms. The Labute approximate surface area is 209 Å². The van der Waals surface area contributed by atoms with Crippen LogP contribution >= 0.6 is 8.53 Å². The molecule has 202 valence electrons. The van der Waals surface area contributed by atoms with Gasteiger partial charge in [-0.15, -0.1) is 0 Å². The third-order valence-electron chi connectivity index (χ3n) is 4.38. The molecule has 4 unspecified atom stereocenters. The van der Waals surface area contributed by atoms with Crippen molar-refractivity contribution in [2.45, 2.75) is 44.8 Å². The molecule has 4 N–H and O–H groups in total. The zero-order chi connectivity index (χ0) is 26.9. The highest BCUT2D eigenvalue weighted by Crippen LogP contribution is 2.37. The van der Waals surface area contributed by atoms with Crippen molar-refractivity contribution in [2.75, 3.05) is 32.9 Å². The number of nitrogen functional groups attached to an aromatic ring is 1. The number of hydrogen-bond acceptors (Lipinski definition) is 10. The molecule has 0 amide bonds. The molecule has 1 fully saturated rings. The van der Waals surface area contributed by atoms with Crippen LogP contribution in [0.15, 0.2) is 47.4 Å². The second-order valence-electron chi connectivity index (χ2n) is 7.37. The number of nitrogens with one attached hydrogen (secondary N) is 1. The predicted octanol–water partition coefficient (Wildman–Crippen LogP) is 2.51. The van der Waals surface area contributed by atoms with Gasteiger partial charge >= 0.3 is 14.2 Å². The van der Waals surface area contributed by atoms with E-state index < -0.39 is 39.6 Å². The van der Waals surface area contributed by atoms with Crippen LogP contribution in [0.25, 0.3) is 0 Å². The number of halogens is 2. The Hall–Kier alpha value is -2.54. The maximum atomic E-state index is 12.0. The fraction of sp³-hybridized carbons (Fsp3) is 0.500. The molecule has 14 heteroatoms. The third-order valence-corrected chi connectivity index (χ3v) is 5.58. The maximum absolute atomic E-state index is 12.0. The molecule has 2 heterocycles. The third kappa shape index (κ3) is 11.9. The number of aldehydes is 1. The number of alkyl halides is 2. The van der Waals surface area contributed by atoms with Crippen LogP contribution in [0.1, 0.15) is 26.5 Å². The standard InChI is InChI=1S/C17H21N4O6P.C4H10O.CH2F2/c18-15-6-8-21(17(24)20-15)16-14(23)10-13(26-16)11-25-28(19-7-9-22)27-12-4-2-1-3-5-12;1-4(2)5-3;2-1-3/h1-6,8-9,13-14,16,19,23H,7,10-11H2,(H2,18,20,24);4H,1-3H3;1H2. The van der Waals surface area contributed by atoms with Crippen LogP contribution < -0.4 is 21.0 Å². The van der Waals surface area contributed by atoms with Gasteiger partial charge in [-0.25, -0.2) is 18.7 Å². The quantitative estimate of drug-likeness (QED) is 0.307. The fourth-order valence-corrected chi connectivity index (χ4v) is 3.70. The molecule has 1 aromatic heterocycles. The summed E-state index contributed by atoms with van der Waals surface area (Å²) in [4.78, 5) is 26.2. The Morgan fingerprint density at radius 1 is 1.33 bits per heavy atom. The van der Waals surface area contributed by atoms with Crippen LogP contribution in [0.4, 0.5) is 14.6 Å². The summed E-state index contributed by atoms with van der Waals surface area (Å²) in [5.74, 6) is 0.690. The van der Waals surface area contributed by atoms with Crippen LogP contribution in [0, 0.1) is 0 Å². The second-order valence-corrected chi connectivity index (χ2v) is 8.64. The van der Waals surface area contributed by atoms with E-state index in [0.29, 0.717) is 18.1 Å². The number of aromatic nitrogens is 2. The monoisotopic (exact) mass is 534 g/mol. The van der Waals surface area contributed by atoms with E-state index in [-0.39, 0.29) is 25.4 Å². The molecule has 1 aliphatic rings. The zero-order valence-corrected chi connectivity index (χ0v) is 21.2. The number of rotatable bonds is 10. The minimum absolute atomic E-state index is 0.0712. The van der Waals surface area contributed by atoms with Gasteiger partial charge in [0.2, 0.25) is 6.93 Å². The van der Waals surface area contributed by atoms with Gasteiger partial charge in [0.05, 0.1) is 25.4 Å². The van der Waals surface area contributed by atoms with Crippen LogP contribution in [0.5, 0.6) is 5.75 Å². The number of anilines is 1. The van der Waals surface area contributed by atoms with Gasteiger partial charge in [-0.2, -0.15) is 4.98 Å². The number of ether oxygens (including phenoxy) is 2. The molecule has 1 aromatic carbocycles. The van der Waals surface area contributed by atoms with Crippen molar-refractivity contribution in [3.63, 3.8) is 0 Å². The fourth-order valence-electron chi connectivity index (χ4n) is 2.65. The van der Waals surface area contributed by atoms with Crippen LogP contribution in [0.2, 0.25) is 0 Å². The molecular formula is C22H33F2N4O7P. The first-order valence-electron chi connectivity index (χ1n) is 10.9. The van der Waals surface area contributed by atoms with Crippen molar-refractivity contribution in [1.29, 1.82) is 0 Å². The number of para-hydroxylation sites is 1. The lowest BCUT2D eigenvalue weighted by atomic mass is 10.2. The number of hydrogen-bond donors (Lipinski definition) is 3. The van der Waals surface area contributed by atoms with Gasteiger partial charge < -0.3 is 34.2 Å². The van der Waals surface area contributed by atoms with Gasteiger partial charge in [0.1, 0.15) is 24.0 Å². The summed E-state index contributed by atoms with van der Waals surface area (Å²) in [6.45, 7) is 2.43. The lowest BCUT2D eigenvalue weighted by Crippen LogP contribution is -2.31. The Balaban J connectivity index is 0.000000709. The average molecular weight is 534 g/mol. The van der Waals surface area contributed by atoms with Crippen molar-refractivity contribution in [3.05, 3.63) is 53.1 Å². The SMILES string of the molecule is COC(C)C.FCF.Nc1ccn(C2OC(COP(NCC=O)Oc3ccccc3)CC2O)c(=O)n1. The molecule has 0 radical (unpaired) electrons. The van der Waals surface area contributed by atoms with Crippen molar-refractivity contribution in [3.8, 4) is 5.75 Å². The molecule has 2 aromatic rings. The van der Waals surface area contributed by atoms with Gasteiger partial charge in [-0.3, -0.25) is 4.57 Å². The molecule has 0 aliphatic carbocycles. The number of nitrogens with zero attached hydrogens (tertiary/aromatic N) is 2. The van der Waals surface area contributed by atoms with E-state index in [4.69, 9.17) is 24.3 Å². The van der Waals surface area contributed by atoms with Gasteiger partial charge in [0.15, 0.2) is 6.23 Å². The van der Waals surface area contributed by atoms with Crippen LogP contribution in [-0.4, -0.2) is 66.4 Å². The van der Waals surface area contributed by atoms with Crippen LogP contribution in [0.3, 0.4) is 0 Å². The van der Waals surface area contributed by atoms with Gasteiger partial charge in [0.25, 0.3) is 0 Å². The molecule has 0 spiro atoms. The van der Waals surface area contributed by atoms with Crippen molar-refractivity contribution in [1.82, 2.24) is 14.6 Å². The average Bonchev–Trinajstić information content (AvgIpc) is 3.22. The molecule has 3 rings (SSSR count). The van der Waals surface area contributed by atoms with Gasteiger partial charge in [0, 0.05) is 19.7 Å². The number of nitrogens with two attached hydrogens (primary N) is 1. The van der Waals surface area contributed by atoms with E-state index in [0.717, 1.165) is 0 Å². The Morgan fingerprint density at radius 2 is 1.97 bits per heavy atom. The molecule has 0 saturated carbocycles. The zero-order valence-electron chi connectivity index (χ0n) is 20.3. The lowest BCUT2D eigenvalue weighted by molar-refractivity contribution is -0.106. The van der Waals surface area contributed by atoms with Crippen molar-refractivity contribution >= 4 is 20.6 Å². The van der Waals surface area contributed by atoms with E-state index in [1.807, 2.05) is 32.0 Å². The van der Waals surface area contributed by atoms with E-state index in [9.17, 15) is 23.5 Å². The summed E-state index contributed by atoms with van der Waals surface area (Å²) in [5.41, 5.74) is 4.88. The number of carbonyl (C=O) groups is 1. The lowest BCUT2D eigenvalue weighted by Gasteiger charge is -2.20. The highest BCUT2D eigenvalue weighted by molar-refractivity contribution is 7.45. The Bertz CT molecular complexity index is 927. The molecule has 1 aliphatic heterocycles. The van der Waals surface area contributed by atoms with Gasteiger partial charge in [-0.05, 0) is 32.0 Å². The topological polar surface area (TPSA) is 147 Å². The number of aliphatic hydroxyl groups is 1. The predicted molar refractivity (Wildman–Crippen MR) is 131 cm³/mol. The first kappa shape index (κ1) is 31.5. The highest BCUT2D eigenvalue weighted by Gasteiger charge is 2.36. The van der Waals surface area contributed by atoms with Crippen LogP contribution in [-0.2, 0) is 18.8 Å². The summed E-state index contributed by atoms with van der Waals surface area (Å²) >= 11 is 0. The molecule has 36 heavy (non-hydrogen) atoms. The number of methoxy groups -OCH3 is 1. The molecule has 11 nitrogen and oxygen atoms in total. The normalized spacial score (nSPS) is 19.5. The van der Waals surface area contributed by atoms with Crippen molar-refractivity contribution < 1.29 is 37.2 Å². The summed E-state index contributed by atoms with van der Waals surface area (Å²) in [5, 5.41) is 13.1. The molecular weight excluding hydrogens is 501 g/mol. The van der Waals surface area contributed by atoms with Gasteiger partial charge in [-0.1, -0.05) is 18.2 Å². The summed E-state index contributed by atoms with van der Waals surface area (Å²) < 4.78 is 42.4. The highest BCUT2D eigenvalue weighted by atomic mass is 31.2.